The Balaban J connectivity index is 2.40. The maximum atomic E-state index is 11.4. The average Bonchev–Trinajstić information content (AvgIpc) is 2.33. The van der Waals surface area contributed by atoms with Gasteiger partial charge in [-0.15, -0.1) is 0 Å². The highest BCUT2D eigenvalue weighted by Crippen LogP contribution is 2.16. The molecule has 0 aliphatic carbocycles. The molecule has 0 fully saturated rings. The van der Waals surface area contributed by atoms with E-state index in [1.165, 1.54) is 0 Å². The number of aryl methyl sites for hydroxylation is 1. The molecule has 0 heterocycles. The molecule has 0 saturated heterocycles. The van der Waals surface area contributed by atoms with Gasteiger partial charge in [0.2, 0.25) is 0 Å². The lowest BCUT2D eigenvalue weighted by atomic mass is 10.1. The summed E-state index contributed by atoms with van der Waals surface area (Å²) >= 11 is 0. The van der Waals surface area contributed by atoms with Crippen LogP contribution in [-0.2, 0) is 4.74 Å². The zero-order chi connectivity index (χ0) is 16.0. The molecule has 1 rings (SSSR count). The molecule has 6 nitrogen and oxygen atoms in total. The molecule has 0 aromatic heterocycles. The van der Waals surface area contributed by atoms with Crippen molar-refractivity contribution < 1.29 is 19.4 Å². The van der Waals surface area contributed by atoms with Crippen LogP contribution < -0.4 is 10.6 Å². The van der Waals surface area contributed by atoms with E-state index in [4.69, 9.17) is 9.84 Å². The SMILES string of the molecule is Cc1cc(C(=O)O)ccc1NCCNC(=O)OC(C)(C)C. The second kappa shape index (κ2) is 6.97. The molecular weight excluding hydrogens is 272 g/mol. The predicted octanol–water partition coefficient (Wildman–Crippen LogP) is 2.63. The Bertz CT molecular complexity index is 521. The molecule has 0 aliphatic rings. The number of benzene rings is 1. The zero-order valence-corrected chi connectivity index (χ0v) is 12.8. The summed E-state index contributed by atoms with van der Waals surface area (Å²) in [4.78, 5) is 22.3. The Hall–Kier alpha value is -2.24. The highest BCUT2D eigenvalue weighted by atomic mass is 16.6. The van der Waals surface area contributed by atoms with E-state index in [0.717, 1.165) is 11.3 Å². The molecule has 0 unspecified atom stereocenters. The minimum Gasteiger partial charge on any atom is -0.478 e. The first-order valence-electron chi connectivity index (χ1n) is 6.74. The van der Waals surface area contributed by atoms with Gasteiger partial charge in [0.05, 0.1) is 5.56 Å². The Morgan fingerprint density at radius 3 is 2.43 bits per heavy atom. The van der Waals surface area contributed by atoms with E-state index in [1.807, 2.05) is 6.92 Å². The molecule has 1 aromatic rings. The first-order valence-corrected chi connectivity index (χ1v) is 6.74. The summed E-state index contributed by atoms with van der Waals surface area (Å²) in [7, 11) is 0. The van der Waals surface area contributed by atoms with E-state index in [0.29, 0.717) is 13.1 Å². The molecule has 0 atom stereocenters. The van der Waals surface area contributed by atoms with Crippen molar-refractivity contribution in [3.8, 4) is 0 Å². The van der Waals surface area contributed by atoms with Crippen LogP contribution in [-0.4, -0.2) is 35.9 Å². The maximum Gasteiger partial charge on any atom is 0.407 e. The topological polar surface area (TPSA) is 87.7 Å². The van der Waals surface area contributed by atoms with Gasteiger partial charge in [0, 0.05) is 18.8 Å². The third kappa shape index (κ3) is 6.16. The number of carbonyl (C=O) groups is 2. The molecule has 0 aliphatic heterocycles. The van der Waals surface area contributed by atoms with Gasteiger partial charge in [-0.1, -0.05) is 0 Å². The number of amides is 1. The van der Waals surface area contributed by atoms with Gasteiger partial charge in [-0.05, 0) is 51.5 Å². The van der Waals surface area contributed by atoms with Gasteiger partial charge in [0.25, 0.3) is 0 Å². The van der Waals surface area contributed by atoms with Gasteiger partial charge in [-0.2, -0.15) is 0 Å². The fraction of sp³-hybridized carbons (Fsp3) is 0.467. The van der Waals surface area contributed by atoms with Crippen molar-refractivity contribution >= 4 is 17.7 Å². The molecule has 6 heteroatoms. The predicted molar refractivity (Wildman–Crippen MR) is 80.9 cm³/mol. The van der Waals surface area contributed by atoms with Crippen molar-refractivity contribution in [1.29, 1.82) is 0 Å². The number of carbonyl (C=O) groups excluding carboxylic acids is 1. The van der Waals surface area contributed by atoms with Crippen LogP contribution in [0.1, 0.15) is 36.7 Å². The number of aromatic carboxylic acids is 1. The van der Waals surface area contributed by atoms with Crippen LogP contribution in [0.25, 0.3) is 0 Å². The number of carboxylic acid groups (broad SMARTS) is 1. The van der Waals surface area contributed by atoms with Crippen LogP contribution in [0.5, 0.6) is 0 Å². The molecule has 0 radical (unpaired) electrons. The van der Waals surface area contributed by atoms with Crippen molar-refractivity contribution in [3.63, 3.8) is 0 Å². The first kappa shape index (κ1) is 16.8. The van der Waals surface area contributed by atoms with Gasteiger partial charge in [-0.25, -0.2) is 9.59 Å². The van der Waals surface area contributed by atoms with Crippen LogP contribution in [0.2, 0.25) is 0 Å². The second-order valence-corrected chi connectivity index (χ2v) is 5.69. The maximum absolute atomic E-state index is 11.4. The number of anilines is 1. The fourth-order valence-electron chi connectivity index (χ4n) is 1.67. The normalized spacial score (nSPS) is 10.9. The quantitative estimate of drug-likeness (QED) is 0.727. The Morgan fingerprint density at radius 2 is 1.90 bits per heavy atom. The number of hydrogen-bond donors (Lipinski definition) is 3. The van der Waals surface area contributed by atoms with Gasteiger partial charge in [0.15, 0.2) is 0 Å². The molecule has 0 saturated carbocycles. The van der Waals surface area contributed by atoms with E-state index in [1.54, 1.807) is 39.0 Å². The summed E-state index contributed by atoms with van der Waals surface area (Å²) < 4.78 is 5.11. The Labute approximate surface area is 124 Å². The van der Waals surface area contributed by atoms with Crippen molar-refractivity contribution in [3.05, 3.63) is 29.3 Å². The standard InChI is InChI=1S/C15H22N2O4/c1-10-9-11(13(18)19)5-6-12(10)16-7-8-17-14(20)21-15(2,3)4/h5-6,9,16H,7-8H2,1-4H3,(H,17,20)(H,18,19). The molecule has 0 spiro atoms. The van der Waals surface area contributed by atoms with Crippen LogP contribution >= 0.6 is 0 Å². The highest BCUT2D eigenvalue weighted by Gasteiger charge is 2.15. The van der Waals surface area contributed by atoms with E-state index in [9.17, 15) is 9.59 Å². The zero-order valence-electron chi connectivity index (χ0n) is 12.8. The third-order valence-corrected chi connectivity index (χ3v) is 2.58. The lowest BCUT2D eigenvalue weighted by molar-refractivity contribution is 0.0529. The number of hydrogen-bond acceptors (Lipinski definition) is 4. The first-order chi connectivity index (χ1) is 9.69. The summed E-state index contributed by atoms with van der Waals surface area (Å²) in [6.07, 6.45) is -0.456. The van der Waals surface area contributed by atoms with Gasteiger partial charge in [-0.3, -0.25) is 0 Å². The van der Waals surface area contributed by atoms with Gasteiger partial charge in [0.1, 0.15) is 5.60 Å². The lowest BCUT2D eigenvalue weighted by Crippen LogP contribution is -2.35. The summed E-state index contributed by atoms with van der Waals surface area (Å²) in [5.74, 6) is -0.948. The summed E-state index contributed by atoms with van der Waals surface area (Å²) in [6.45, 7) is 8.17. The number of carboxylic acids is 1. The van der Waals surface area contributed by atoms with E-state index < -0.39 is 17.7 Å². The molecular formula is C15H22N2O4. The van der Waals surface area contributed by atoms with Gasteiger partial charge >= 0.3 is 12.1 Å². The van der Waals surface area contributed by atoms with Crippen LogP contribution in [0, 0.1) is 6.92 Å². The minimum absolute atomic E-state index is 0.255. The van der Waals surface area contributed by atoms with Crippen molar-refractivity contribution in [2.24, 2.45) is 0 Å². The summed E-state index contributed by atoms with van der Waals surface area (Å²) in [5.41, 5.74) is 1.42. The average molecular weight is 294 g/mol. The summed E-state index contributed by atoms with van der Waals surface area (Å²) in [6, 6.07) is 4.86. The van der Waals surface area contributed by atoms with Crippen LogP contribution in [0.4, 0.5) is 10.5 Å². The van der Waals surface area contributed by atoms with Crippen molar-refractivity contribution in [1.82, 2.24) is 5.32 Å². The smallest absolute Gasteiger partial charge is 0.407 e. The number of ether oxygens (including phenoxy) is 1. The minimum atomic E-state index is -0.948. The van der Waals surface area contributed by atoms with E-state index >= 15 is 0 Å². The fourth-order valence-corrected chi connectivity index (χ4v) is 1.67. The van der Waals surface area contributed by atoms with E-state index in [-0.39, 0.29) is 5.56 Å². The van der Waals surface area contributed by atoms with E-state index in [2.05, 4.69) is 10.6 Å². The van der Waals surface area contributed by atoms with Crippen molar-refractivity contribution in [2.45, 2.75) is 33.3 Å². The number of rotatable bonds is 5. The lowest BCUT2D eigenvalue weighted by Gasteiger charge is -2.19. The molecule has 3 N–H and O–H groups in total. The third-order valence-electron chi connectivity index (χ3n) is 2.58. The number of nitrogens with one attached hydrogen (secondary N) is 2. The largest absolute Gasteiger partial charge is 0.478 e. The molecule has 1 amide bonds. The molecule has 116 valence electrons. The number of alkyl carbamates (subject to hydrolysis) is 1. The molecule has 0 bridgehead atoms. The second-order valence-electron chi connectivity index (χ2n) is 5.69. The molecule has 1 aromatic carbocycles. The monoisotopic (exact) mass is 294 g/mol. The van der Waals surface area contributed by atoms with Gasteiger partial charge < -0.3 is 20.5 Å². The molecule has 21 heavy (non-hydrogen) atoms. The Kier molecular flexibility index (Phi) is 5.58. The van der Waals surface area contributed by atoms with Crippen molar-refractivity contribution in [2.75, 3.05) is 18.4 Å². The highest BCUT2D eigenvalue weighted by molar-refractivity contribution is 5.88. The van der Waals surface area contributed by atoms with Crippen LogP contribution in [0.3, 0.4) is 0 Å². The Morgan fingerprint density at radius 1 is 1.24 bits per heavy atom. The van der Waals surface area contributed by atoms with Crippen LogP contribution in [0.15, 0.2) is 18.2 Å². The summed E-state index contributed by atoms with van der Waals surface area (Å²) in [5, 5.41) is 14.7.